The molecule has 1 atom stereocenters. The number of nitrogens with one attached hydrogen (secondary N) is 1. The Hall–Kier alpha value is -1.92. The van der Waals surface area contributed by atoms with Crippen molar-refractivity contribution in [2.24, 2.45) is 0 Å². The van der Waals surface area contributed by atoms with E-state index in [1.165, 1.54) is 6.20 Å². The molecule has 0 radical (unpaired) electrons. The van der Waals surface area contributed by atoms with Crippen molar-refractivity contribution in [3.8, 4) is 0 Å². The van der Waals surface area contributed by atoms with E-state index in [1.807, 2.05) is 4.90 Å². The van der Waals surface area contributed by atoms with Crippen molar-refractivity contribution in [1.82, 2.24) is 25.2 Å². The third-order valence-electron chi connectivity index (χ3n) is 4.57. The molecule has 3 heterocycles. The number of H-pyrrole nitrogens is 1. The molecular formula is C14H21N5O2. The summed E-state index contributed by atoms with van der Waals surface area (Å²) in [4.78, 5) is 29.2. The third kappa shape index (κ3) is 2.20. The summed E-state index contributed by atoms with van der Waals surface area (Å²) in [7, 11) is 0. The molecule has 0 aromatic carbocycles. The molecule has 1 aromatic heterocycles. The van der Waals surface area contributed by atoms with Gasteiger partial charge in [0.15, 0.2) is 5.69 Å². The van der Waals surface area contributed by atoms with E-state index in [0.29, 0.717) is 6.54 Å². The number of carbonyl (C=O) groups is 2. The molecule has 2 amide bonds. The molecule has 2 fully saturated rings. The molecule has 1 spiro atoms. The molecule has 0 saturated carbocycles. The van der Waals surface area contributed by atoms with Crippen LogP contribution in [0.25, 0.3) is 0 Å². The number of nitrogens with zero attached hydrogens (tertiary/aromatic N) is 4. The second kappa shape index (κ2) is 5.46. The van der Waals surface area contributed by atoms with Crippen LogP contribution in [0.3, 0.4) is 0 Å². The number of likely N-dealkylation sites (tertiary alicyclic amines) is 2. The highest BCUT2D eigenvalue weighted by Crippen LogP contribution is 2.38. The van der Waals surface area contributed by atoms with Crippen LogP contribution in [0.4, 0.5) is 0 Å². The summed E-state index contributed by atoms with van der Waals surface area (Å²) in [6, 6.07) is 0. The van der Waals surface area contributed by atoms with Gasteiger partial charge in [-0.05, 0) is 32.1 Å². The standard InChI is InChI=1S/C14H21N5O2/c1-2-7-18-8-3-5-14(13(18)21)6-4-9-19(14)12(20)11-10-15-17-16-11/h10H,2-9H2,1H3,(H,15,16,17). The van der Waals surface area contributed by atoms with Gasteiger partial charge in [0.25, 0.3) is 5.91 Å². The van der Waals surface area contributed by atoms with Crippen LogP contribution in [0.15, 0.2) is 6.20 Å². The maximum atomic E-state index is 12.9. The summed E-state index contributed by atoms with van der Waals surface area (Å²) in [5.41, 5.74) is -0.361. The quantitative estimate of drug-likeness (QED) is 0.893. The fraction of sp³-hybridized carbons (Fsp3) is 0.714. The lowest BCUT2D eigenvalue weighted by Gasteiger charge is -2.44. The lowest BCUT2D eigenvalue weighted by molar-refractivity contribution is -0.145. The zero-order valence-corrected chi connectivity index (χ0v) is 12.3. The second-order valence-electron chi connectivity index (χ2n) is 5.84. The second-order valence-corrected chi connectivity index (χ2v) is 5.84. The summed E-state index contributed by atoms with van der Waals surface area (Å²) < 4.78 is 0. The average Bonchev–Trinajstić information content (AvgIpc) is 3.14. The van der Waals surface area contributed by atoms with Crippen LogP contribution in [0.2, 0.25) is 0 Å². The van der Waals surface area contributed by atoms with Crippen LogP contribution >= 0.6 is 0 Å². The summed E-state index contributed by atoms with van der Waals surface area (Å²) in [5.74, 6) is -0.0714. The summed E-state index contributed by atoms with van der Waals surface area (Å²) in [5, 5.41) is 10.0. The van der Waals surface area contributed by atoms with Crippen LogP contribution in [0.5, 0.6) is 0 Å². The number of amides is 2. The van der Waals surface area contributed by atoms with E-state index in [9.17, 15) is 9.59 Å². The first-order valence-corrected chi connectivity index (χ1v) is 7.66. The lowest BCUT2D eigenvalue weighted by atomic mass is 9.85. The van der Waals surface area contributed by atoms with Gasteiger partial charge in [-0.1, -0.05) is 6.92 Å². The molecule has 1 unspecified atom stereocenters. The van der Waals surface area contributed by atoms with Crippen molar-refractivity contribution >= 4 is 11.8 Å². The Morgan fingerprint density at radius 3 is 2.81 bits per heavy atom. The van der Waals surface area contributed by atoms with Gasteiger partial charge in [-0.15, -0.1) is 0 Å². The fourth-order valence-corrected chi connectivity index (χ4v) is 3.65. The Kier molecular flexibility index (Phi) is 3.65. The van der Waals surface area contributed by atoms with Gasteiger partial charge in [0.05, 0.1) is 6.20 Å². The van der Waals surface area contributed by atoms with Gasteiger partial charge in [0.2, 0.25) is 5.91 Å². The van der Waals surface area contributed by atoms with Gasteiger partial charge in [-0.2, -0.15) is 15.4 Å². The average molecular weight is 291 g/mol. The van der Waals surface area contributed by atoms with Crippen molar-refractivity contribution in [1.29, 1.82) is 0 Å². The minimum absolute atomic E-state index is 0.116. The SMILES string of the molecule is CCCN1CCCC2(CCCN2C(=O)c2cn[nH]n2)C1=O. The molecule has 114 valence electrons. The van der Waals surface area contributed by atoms with E-state index < -0.39 is 5.54 Å². The Morgan fingerprint density at radius 1 is 1.38 bits per heavy atom. The van der Waals surface area contributed by atoms with E-state index in [0.717, 1.165) is 45.2 Å². The van der Waals surface area contributed by atoms with Crippen molar-refractivity contribution < 1.29 is 9.59 Å². The van der Waals surface area contributed by atoms with E-state index in [2.05, 4.69) is 22.3 Å². The molecule has 0 aliphatic carbocycles. The third-order valence-corrected chi connectivity index (χ3v) is 4.57. The monoisotopic (exact) mass is 291 g/mol. The largest absolute Gasteiger partial charge is 0.341 e. The van der Waals surface area contributed by atoms with Crippen molar-refractivity contribution in [2.75, 3.05) is 19.6 Å². The lowest BCUT2D eigenvalue weighted by Crippen LogP contribution is -2.61. The molecule has 1 aromatic rings. The first-order valence-electron chi connectivity index (χ1n) is 7.66. The van der Waals surface area contributed by atoms with Crippen molar-refractivity contribution in [3.63, 3.8) is 0 Å². The normalized spacial score (nSPS) is 25.9. The summed E-state index contributed by atoms with van der Waals surface area (Å²) >= 11 is 0. The molecule has 7 nitrogen and oxygen atoms in total. The molecule has 21 heavy (non-hydrogen) atoms. The first kappa shape index (κ1) is 14.0. The number of hydrogen-bond donors (Lipinski definition) is 1. The Morgan fingerprint density at radius 2 is 2.14 bits per heavy atom. The minimum atomic E-state index is -0.649. The minimum Gasteiger partial charge on any atom is -0.341 e. The zero-order valence-electron chi connectivity index (χ0n) is 12.3. The Bertz CT molecular complexity index is 527. The molecular weight excluding hydrogens is 270 g/mol. The van der Waals surface area contributed by atoms with Gasteiger partial charge >= 0.3 is 0 Å². The maximum Gasteiger partial charge on any atom is 0.276 e. The highest BCUT2D eigenvalue weighted by atomic mass is 16.2. The van der Waals surface area contributed by atoms with Crippen molar-refractivity contribution in [2.45, 2.75) is 44.6 Å². The summed E-state index contributed by atoms with van der Waals surface area (Å²) in [6.45, 7) is 4.27. The van der Waals surface area contributed by atoms with Gasteiger partial charge in [-0.3, -0.25) is 9.59 Å². The van der Waals surface area contributed by atoms with Crippen LogP contribution in [-0.4, -0.2) is 62.2 Å². The molecule has 2 saturated heterocycles. The first-order chi connectivity index (χ1) is 10.2. The zero-order chi connectivity index (χ0) is 14.9. The van der Waals surface area contributed by atoms with Gasteiger partial charge in [-0.25, -0.2) is 0 Å². The fourth-order valence-electron chi connectivity index (χ4n) is 3.65. The van der Waals surface area contributed by atoms with E-state index in [1.54, 1.807) is 4.90 Å². The highest BCUT2D eigenvalue weighted by molar-refractivity contribution is 5.98. The molecule has 1 N–H and O–H groups in total. The maximum absolute atomic E-state index is 12.9. The molecule has 2 aliphatic rings. The Balaban J connectivity index is 1.88. The highest BCUT2D eigenvalue weighted by Gasteiger charge is 2.52. The van der Waals surface area contributed by atoms with Gasteiger partial charge in [0.1, 0.15) is 5.54 Å². The van der Waals surface area contributed by atoms with Gasteiger partial charge in [0, 0.05) is 19.6 Å². The molecule has 0 bridgehead atoms. The van der Waals surface area contributed by atoms with Gasteiger partial charge < -0.3 is 9.80 Å². The number of aromatic amines is 1. The number of rotatable bonds is 3. The molecule has 2 aliphatic heterocycles. The van der Waals surface area contributed by atoms with E-state index in [4.69, 9.17) is 0 Å². The van der Waals surface area contributed by atoms with Crippen LogP contribution in [0.1, 0.15) is 49.5 Å². The number of carbonyl (C=O) groups excluding carboxylic acids is 2. The van der Waals surface area contributed by atoms with E-state index >= 15 is 0 Å². The predicted molar refractivity (Wildman–Crippen MR) is 75.5 cm³/mol. The van der Waals surface area contributed by atoms with Crippen LogP contribution < -0.4 is 0 Å². The molecule has 7 heteroatoms. The van der Waals surface area contributed by atoms with Crippen LogP contribution in [-0.2, 0) is 4.79 Å². The Labute approximate surface area is 123 Å². The smallest absolute Gasteiger partial charge is 0.276 e. The van der Waals surface area contributed by atoms with E-state index in [-0.39, 0.29) is 17.5 Å². The number of hydrogen-bond acceptors (Lipinski definition) is 4. The summed E-state index contributed by atoms with van der Waals surface area (Å²) in [6.07, 6.45) is 5.71. The number of piperidine rings is 1. The topological polar surface area (TPSA) is 82.2 Å². The predicted octanol–water partition coefficient (Wildman–Crippen LogP) is 0.812. The number of aromatic nitrogens is 3. The van der Waals surface area contributed by atoms with Crippen LogP contribution in [0, 0.1) is 0 Å². The molecule has 3 rings (SSSR count). The van der Waals surface area contributed by atoms with Crippen molar-refractivity contribution in [3.05, 3.63) is 11.9 Å².